The zero-order chi connectivity index (χ0) is 8.73. The number of oxazole rings is 1. The van der Waals surface area contributed by atoms with Gasteiger partial charge in [0.15, 0.2) is 5.89 Å². The summed E-state index contributed by atoms with van der Waals surface area (Å²) in [5.41, 5.74) is 0.505. The van der Waals surface area contributed by atoms with Gasteiger partial charge in [-0.15, -0.1) is 0 Å². The second-order valence-corrected chi connectivity index (χ2v) is 4.38. The van der Waals surface area contributed by atoms with Gasteiger partial charge in [-0.2, -0.15) is 0 Å². The van der Waals surface area contributed by atoms with Crippen LogP contribution in [0.15, 0.2) is 16.9 Å². The van der Waals surface area contributed by atoms with Crippen molar-refractivity contribution in [2.45, 2.75) is 19.3 Å². The maximum Gasteiger partial charge on any atom is 0.194 e. The minimum atomic E-state index is 0.505. The van der Waals surface area contributed by atoms with Gasteiger partial charge in [0.25, 0.3) is 0 Å². The fraction of sp³-hybridized carbons (Fsp3) is 0.700. The smallest absolute Gasteiger partial charge is 0.194 e. The van der Waals surface area contributed by atoms with Crippen molar-refractivity contribution in [1.29, 1.82) is 0 Å². The lowest BCUT2D eigenvalue weighted by atomic mass is 9.81. The molecule has 0 saturated carbocycles. The Balaban J connectivity index is 1.78. The fourth-order valence-corrected chi connectivity index (χ4v) is 2.71. The lowest BCUT2D eigenvalue weighted by Gasteiger charge is -2.22. The topological polar surface area (TPSA) is 29.3 Å². The molecule has 0 unspecified atom stereocenters. The molecule has 3 nitrogen and oxygen atoms in total. The molecule has 2 fully saturated rings. The molecule has 0 N–H and O–H groups in total. The Hall–Kier alpha value is -0.830. The summed E-state index contributed by atoms with van der Waals surface area (Å²) in [5, 5.41) is 0. The first kappa shape index (κ1) is 7.56. The summed E-state index contributed by atoms with van der Waals surface area (Å²) >= 11 is 0. The van der Waals surface area contributed by atoms with Crippen molar-refractivity contribution < 1.29 is 4.42 Å². The van der Waals surface area contributed by atoms with Crippen LogP contribution in [0.4, 0.5) is 0 Å². The Morgan fingerprint density at radius 3 is 2.85 bits per heavy atom. The van der Waals surface area contributed by atoms with Gasteiger partial charge in [0.2, 0.25) is 0 Å². The highest BCUT2D eigenvalue weighted by Crippen LogP contribution is 2.42. The summed E-state index contributed by atoms with van der Waals surface area (Å²) in [6.07, 6.45) is 7.11. The van der Waals surface area contributed by atoms with Gasteiger partial charge in [0.1, 0.15) is 6.26 Å². The maximum absolute atomic E-state index is 5.31. The highest BCUT2D eigenvalue weighted by atomic mass is 16.3. The molecule has 0 radical (unpaired) electrons. The van der Waals surface area contributed by atoms with Crippen LogP contribution >= 0.6 is 0 Å². The molecular weight excluding hydrogens is 164 g/mol. The van der Waals surface area contributed by atoms with Gasteiger partial charge in [-0.1, -0.05) is 0 Å². The van der Waals surface area contributed by atoms with Gasteiger partial charge in [0.05, 0.1) is 6.20 Å². The van der Waals surface area contributed by atoms with Crippen molar-refractivity contribution in [3.8, 4) is 0 Å². The molecule has 2 bridgehead atoms. The number of hydrogen-bond acceptors (Lipinski definition) is 3. The second-order valence-electron chi connectivity index (χ2n) is 4.38. The highest BCUT2D eigenvalue weighted by molar-refractivity contribution is 5.01. The van der Waals surface area contributed by atoms with E-state index in [1.807, 2.05) is 0 Å². The quantitative estimate of drug-likeness (QED) is 0.684. The lowest BCUT2D eigenvalue weighted by Crippen LogP contribution is -2.22. The predicted molar refractivity (Wildman–Crippen MR) is 48.3 cm³/mol. The monoisotopic (exact) mass is 178 g/mol. The summed E-state index contributed by atoms with van der Waals surface area (Å²) in [5.74, 6) is 0.920. The van der Waals surface area contributed by atoms with Crippen LogP contribution in [-0.4, -0.2) is 29.5 Å². The molecule has 0 amide bonds. The van der Waals surface area contributed by atoms with Gasteiger partial charge in [0, 0.05) is 13.0 Å². The highest BCUT2D eigenvalue weighted by Gasteiger charge is 2.44. The van der Waals surface area contributed by atoms with Crippen LogP contribution in [0.2, 0.25) is 0 Å². The van der Waals surface area contributed by atoms with E-state index in [1.54, 1.807) is 12.5 Å². The Kier molecular flexibility index (Phi) is 1.50. The molecule has 0 spiro atoms. The van der Waals surface area contributed by atoms with Crippen LogP contribution < -0.4 is 0 Å². The number of hydrogen-bond donors (Lipinski definition) is 0. The van der Waals surface area contributed by atoms with Crippen molar-refractivity contribution >= 4 is 0 Å². The average Bonchev–Trinajstić information content (AvgIpc) is 2.79. The molecule has 3 rings (SSSR count). The minimum Gasteiger partial charge on any atom is -0.449 e. The molecule has 3 heterocycles. The molecule has 2 aliphatic rings. The van der Waals surface area contributed by atoms with Crippen LogP contribution in [0.25, 0.3) is 0 Å². The lowest BCUT2D eigenvalue weighted by molar-refractivity contribution is 0.290. The van der Waals surface area contributed by atoms with Crippen LogP contribution in [-0.2, 0) is 6.42 Å². The Labute approximate surface area is 77.7 Å². The first-order valence-electron chi connectivity index (χ1n) is 4.97. The zero-order valence-corrected chi connectivity index (χ0v) is 7.70. The number of nitrogens with zero attached hydrogens (tertiary/aromatic N) is 2. The van der Waals surface area contributed by atoms with E-state index in [4.69, 9.17) is 4.42 Å². The number of rotatable bonds is 2. The zero-order valence-electron chi connectivity index (χ0n) is 7.70. The minimum absolute atomic E-state index is 0.505. The number of piperidine rings is 1. The third-order valence-corrected chi connectivity index (χ3v) is 3.49. The van der Waals surface area contributed by atoms with Gasteiger partial charge in [-0.05, 0) is 31.3 Å². The molecule has 13 heavy (non-hydrogen) atoms. The summed E-state index contributed by atoms with van der Waals surface area (Å²) in [4.78, 5) is 6.75. The van der Waals surface area contributed by atoms with E-state index >= 15 is 0 Å². The fourth-order valence-electron chi connectivity index (χ4n) is 2.71. The van der Waals surface area contributed by atoms with Gasteiger partial charge in [-0.25, -0.2) is 4.98 Å². The molecule has 0 aliphatic carbocycles. The average molecular weight is 178 g/mol. The van der Waals surface area contributed by atoms with Gasteiger partial charge < -0.3 is 9.32 Å². The molecule has 70 valence electrons. The van der Waals surface area contributed by atoms with E-state index in [9.17, 15) is 0 Å². The van der Waals surface area contributed by atoms with E-state index in [-0.39, 0.29) is 0 Å². The molecule has 1 aromatic rings. The number of fused-ring (bicyclic) bond motifs is 2. The summed E-state index contributed by atoms with van der Waals surface area (Å²) < 4.78 is 5.31. The van der Waals surface area contributed by atoms with Crippen molar-refractivity contribution in [2.75, 3.05) is 19.6 Å². The predicted octanol–water partition coefficient (Wildman–Crippen LogP) is 1.31. The van der Waals surface area contributed by atoms with E-state index in [0.29, 0.717) is 5.41 Å². The van der Waals surface area contributed by atoms with Crippen LogP contribution in [0.5, 0.6) is 0 Å². The third-order valence-electron chi connectivity index (χ3n) is 3.49. The van der Waals surface area contributed by atoms with Crippen LogP contribution in [0, 0.1) is 5.41 Å². The Morgan fingerprint density at radius 2 is 2.31 bits per heavy atom. The van der Waals surface area contributed by atoms with Crippen LogP contribution in [0.1, 0.15) is 18.7 Å². The SMILES string of the molecule is c1coc(CC23CCN(CC2)C3)n1. The third kappa shape index (κ3) is 1.18. The maximum atomic E-state index is 5.31. The van der Waals surface area contributed by atoms with Crippen molar-refractivity contribution in [1.82, 2.24) is 9.88 Å². The van der Waals surface area contributed by atoms with Crippen molar-refractivity contribution in [3.05, 3.63) is 18.4 Å². The Morgan fingerprint density at radius 1 is 1.46 bits per heavy atom. The first-order chi connectivity index (χ1) is 6.36. The standard InChI is InChI=1S/C10H14N2O/c1-4-12-5-2-10(1,8-12)7-9-11-3-6-13-9/h3,6H,1-2,4-5,7-8H2. The molecule has 2 saturated heterocycles. The van der Waals surface area contributed by atoms with Crippen LogP contribution in [0.3, 0.4) is 0 Å². The Bertz CT molecular complexity index is 286. The second kappa shape index (κ2) is 2.58. The van der Waals surface area contributed by atoms with Crippen molar-refractivity contribution in [2.24, 2.45) is 5.41 Å². The molecule has 0 atom stereocenters. The van der Waals surface area contributed by atoms with E-state index in [2.05, 4.69) is 9.88 Å². The van der Waals surface area contributed by atoms with Crippen molar-refractivity contribution in [3.63, 3.8) is 0 Å². The van der Waals surface area contributed by atoms with Gasteiger partial charge in [-0.3, -0.25) is 0 Å². The van der Waals surface area contributed by atoms with E-state index < -0.39 is 0 Å². The molecule has 3 heteroatoms. The van der Waals surface area contributed by atoms with Gasteiger partial charge >= 0.3 is 0 Å². The summed E-state index contributed by atoms with van der Waals surface area (Å²) in [6, 6.07) is 0. The summed E-state index contributed by atoms with van der Waals surface area (Å²) in [6.45, 7) is 3.82. The largest absolute Gasteiger partial charge is 0.449 e. The molecule has 1 aromatic heterocycles. The first-order valence-corrected chi connectivity index (χ1v) is 4.97. The number of aromatic nitrogens is 1. The molecule has 2 aliphatic heterocycles. The van der Waals surface area contributed by atoms with E-state index in [0.717, 1.165) is 12.3 Å². The van der Waals surface area contributed by atoms with E-state index in [1.165, 1.54) is 32.5 Å². The molecule has 0 aromatic carbocycles. The summed E-state index contributed by atoms with van der Waals surface area (Å²) in [7, 11) is 0. The normalized spacial score (nSPS) is 37.1. The molecular formula is C10H14N2O.